The van der Waals surface area contributed by atoms with E-state index < -0.39 is 5.97 Å². The summed E-state index contributed by atoms with van der Waals surface area (Å²) in [5.74, 6) is -0.379. The molecule has 0 radical (unpaired) electrons. The van der Waals surface area contributed by atoms with Gasteiger partial charge in [-0.15, -0.1) is 0 Å². The van der Waals surface area contributed by atoms with Crippen LogP contribution in [0, 0.1) is 12.8 Å². The summed E-state index contributed by atoms with van der Waals surface area (Å²) in [6.07, 6.45) is 1.69. The van der Waals surface area contributed by atoms with Gasteiger partial charge in [0.2, 0.25) is 5.95 Å². The molecule has 5 heteroatoms. The van der Waals surface area contributed by atoms with Gasteiger partial charge in [0, 0.05) is 25.0 Å². The third-order valence-corrected chi connectivity index (χ3v) is 2.30. The molecule has 2 rings (SSSR count). The average molecular weight is 193 g/mol. The highest BCUT2D eigenvalue weighted by Crippen LogP contribution is 2.20. The first kappa shape index (κ1) is 8.93. The molecule has 1 aliphatic rings. The van der Waals surface area contributed by atoms with Crippen LogP contribution in [0.25, 0.3) is 0 Å². The third-order valence-electron chi connectivity index (χ3n) is 2.30. The van der Waals surface area contributed by atoms with Crippen molar-refractivity contribution in [1.29, 1.82) is 0 Å². The Labute approximate surface area is 81.4 Å². The summed E-state index contributed by atoms with van der Waals surface area (Å²) < 4.78 is 0. The van der Waals surface area contributed by atoms with Crippen molar-refractivity contribution in [3.05, 3.63) is 18.0 Å². The normalized spacial score (nSPS) is 16.5. The first-order valence-electron chi connectivity index (χ1n) is 4.44. The van der Waals surface area contributed by atoms with Crippen molar-refractivity contribution in [2.24, 2.45) is 5.92 Å². The lowest BCUT2D eigenvalue weighted by atomic mass is 10.0. The Balaban J connectivity index is 2.03. The minimum absolute atomic E-state index is 0.265. The molecule has 1 aromatic rings. The molecule has 14 heavy (non-hydrogen) atoms. The summed E-state index contributed by atoms with van der Waals surface area (Å²) in [5, 5.41) is 8.69. The Morgan fingerprint density at radius 2 is 2.36 bits per heavy atom. The SMILES string of the molecule is Cc1ccnc(N2CC(C(=O)O)C2)n1. The minimum atomic E-state index is -0.742. The second-order valence-electron chi connectivity index (χ2n) is 3.44. The number of rotatable bonds is 2. The second-order valence-corrected chi connectivity index (χ2v) is 3.44. The first-order valence-corrected chi connectivity index (χ1v) is 4.44. The van der Waals surface area contributed by atoms with Crippen LogP contribution < -0.4 is 4.90 Å². The number of carboxylic acid groups (broad SMARTS) is 1. The zero-order valence-corrected chi connectivity index (χ0v) is 7.84. The number of nitrogens with zero attached hydrogens (tertiary/aromatic N) is 3. The maximum absolute atomic E-state index is 10.6. The molecule has 0 bridgehead atoms. The van der Waals surface area contributed by atoms with E-state index in [2.05, 4.69) is 9.97 Å². The average Bonchev–Trinajstić information content (AvgIpc) is 2.00. The van der Waals surface area contributed by atoms with Crippen LogP contribution in [0.1, 0.15) is 5.69 Å². The van der Waals surface area contributed by atoms with Crippen molar-refractivity contribution >= 4 is 11.9 Å². The van der Waals surface area contributed by atoms with Crippen LogP contribution in [-0.4, -0.2) is 34.1 Å². The van der Waals surface area contributed by atoms with Crippen LogP contribution in [0.5, 0.6) is 0 Å². The smallest absolute Gasteiger partial charge is 0.310 e. The minimum Gasteiger partial charge on any atom is -0.481 e. The predicted octanol–water partition coefficient (Wildman–Crippen LogP) is 0.306. The molecular formula is C9H11N3O2. The number of hydrogen-bond acceptors (Lipinski definition) is 4. The van der Waals surface area contributed by atoms with E-state index in [0.717, 1.165) is 5.69 Å². The molecule has 0 atom stereocenters. The van der Waals surface area contributed by atoms with Gasteiger partial charge in [-0.1, -0.05) is 0 Å². The van der Waals surface area contributed by atoms with E-state index in [1.165, 1.54) is 0 Å². The molecule has 0 aromatic carbocycles. The van der Waals surface area contributed by atoms with Gasteiger partial charge < -0.3 is 10.0 Å². The molecular weight excluding hydrogens is 182 g/mol. The molecule has 0 unspecified atom stereocenters. The van der Waals surface area contributed by atoms with Crippen LogP contribution in [0.15, 0.2) is 12.3 Å². The van der Waals surface area contributed by atoms with E-state index in [4.69, 9.17) is 5.11 Å². The van der Waals surface area contributed by atoms with Gasteiger partial charge in [0.1, 0.15) is 0 Å². The van der Waals surface area contributed by atoms with Crippen LogP contribution >= 0.6 is 0 Å². The number of aryl methyl sites for hydroxylation is 1. The molecule has 2 heterocycles. The Morgan fingerprint density at radius 1 is 1.64 bits per heavy atom. The molecule has 1 aliphatic heterocycles. The van der Waals surface area contributed by atoms with Crippen LogP contribution in [-0.2, 0) is 4.79 Å². The fraction of sp³-hybridized carbons (Fsp3) is 0.444. The Bertz CT molecular complexity index is 361. The third kappa shape index (κ3) is 1.53. The van der Waals surface area contributed by atoms with Gasteiger partial charge in [0.15, 0.2) is 0 Å². The second kappa shape index (κ2) is 3.25. The van der Waals surface area contributed by atoms with Gasteiger partial charge in [-0.2, -0.15) is 0 Å². The van der Waals surface area contributed by atoms with Gasteiger partial charge in [-0.25, -0.2) is 9.97 Å². The standard InChI is InChI=1S/C9H11N3O2/c1-6-2-3-10-9(11-6)12-4-7(5-12)8(13)14/h2-3,7H,4-5H2,1H3,(H,13,14). The number of carbonyl (C=O) groups is 1. The highest BCUT2D eigenvalue weighted by molar-refractivity contribution is 5.73. The Kier molecular flexibility index (Phi) is 2.07. The van der Waals surface area contributed by atoms with Crippen molar-refractivity contribution in [1.82, 2.24) is 9.97 Å². The zero-order valence-electron chi connectivity index (χ0n) is 7.84. The number of carboxylic acids is 1. The molecule has 0 spiro atoms. The summed E-state index contributed by atoms with van der Waals surface area (Å²) in [5.41, 5.74) is 0.897. The Hall–Kier alpha value is -1.65. The maximum Gasteiger partial charge on any atom is 0.310 e. The molecule has 1 fully saturated rings. The van der Waals surface area contributed by atoms with Gasteiger partial charge in [-0.05, 0) is 13.0 Å². The fourth-order valence-corrected chi connectivity index (χ4v) is 1.39. The lowest BCUT2D eigenvalue weighted by molar-refractivity contribution is -0.142. The number of hydrogen-bond donors (Lipinski definition) is 1. The Morgan fingerprint density at radius 3 is 2.93 bits per heavy atom. The number of anilines is 1. The number of aliphatic carboxylic acids is 1. The summed E-state index contributed by atoms with van der Waals surface area (Å²) in [4.78, 5) is 20.7. The summed E-state index contributed by atoms with van der Waals surface area (Å²) in [6.45, 7) is 2.91. The van der Waals surface area contributed by atoms with Crippen molar-refractivity contribution in [3.63, 3.8) is 0 Å². The monoisotopic (exact) mass is 193 g/mol. The van der Waals surface area contributed by atoms with E-state index in [1.54, 1.807) is 6.20 Å². The van der Waals surface area contributed by atoms with E-state index in [9.17, 15) is 4.79 Å². The van der Waals surface area contributed by atoms with E-state index >= 15 is 0 Å². The van der Waals surface area contributed by atoms with Crippen molar-refractivity contribution in [2.45, 2.75) is 6.92 Å². The molecule has 1 N–H and O–H groups in total. The molecule has 74 valence electrons. The van der Waals surface area contributed by atoms with Crippen LogP contribution in [0.4, 0.5) is 5.95 Å². The topological polar surface area (TPSA) is 66.3 Å². The molecule has 1 saturated heterocycles. The molecule has 5 nitrogen and oxygen atoms in total. The van der Waals surface area contributed by atoms with Gasteiger partial charge >= 0.3 is 5.97 Å². The summed E-state index contributed by atoms with van der Waals surface area (Å²) >= 11 is 0. The lowest BCUT2D eigenvalue weighted by Crippen LogP contribution is -2.51. The summed E-state index contributed by atoms with van der Waals surface area (Å²) in [6, 6.07) is 1.82. The largest absolute Gasteiger partial charge is 0.481 e. The highest BCUT2D eigenvalue weighted by Gasteiger charge is 2.33. The lowest BCUT2D eigenvalue weighted by Gasteiger charge is -2.36. The van der Waals surface area contributed by atoms with E-state index in [1.807, 2.05) is 17.9 Å². The van der Waals surface area contributed by atoms with Gasteiger partial charge in [-0.3, -0.25) is 4.79 Å². The van der Waals surface area contributed by atoms with Crippen molar-refractivity contribution in [2.75, 3.05) is 18.0 Å². The van der Waals surface area contributed by atoms with Gasteiger partial charge in [0.05, 0.1) is 5.92 Å². The molecule has 0 aliphatic carbocycles. The highest BCUT2D eigenvalue weighted by atomic mass is 16.4. The summed E-state index contributed by atoms with van der Waals surface area (Å²) in [7, 11) is 0. The molecule has 0 amide bonds. The van der Waals surface area contributed by atoms with E-state index in [0.29, 0.717) is 19.0 Å². The number of aromatic nitrogens is 2. The quantitative estimate of drug-likeness (QED) is 0.732. The van der Waals surface area contributed by atoms with Gasteiger partial charge in [0.25, 0.3) is 0 Å². The van der Waals surface area contributed by atoms with E-state index in [-0.39, 0.29) is 5.92 Å². The predicted molar refractivity (Wildman–Crippen MR) is 50.1 cm³/mol. The molecule has 0 saturated carbocycles. The zero-order chi connectivity index (χ0) is 10.1. The van der Waals surface area contributed by atoms with Crippen molar-refractivity contribution in [3.8, 4) is 0 Å². The van der Waals surface area contributed by atoms with Crippen molar-refractivity contribution < 1.29 is 9.90 Å². The van der Waals surface area contributed by atoms with Crippen LogP contribution in [0.2, 0.25) is 0 Å². The fourth-order valence-electron chi connectivity index (χ4n) is 1.39. The van der Waals surface area contributed by atoms with Crippen LogP contribution in [0.3, 0.4) is 0 Å². The maximum atomic E-state index is 10.6. The molecule has 1 aromatic heterocycles. The first-order chi connectivity index (χ1) is 6.66.